The number of likely N-dealkylation sites (tertiary alicyclic amines) is 1. The molecule has 2 atom stereocenters. The quantitative estimate of drug-likeness (QED) is 0.854. The standard InChI is InChI=1S/C19H21N3O3/c1-21-16-11-22(10-13-5-7-14(24-2)8-6-13)12-17(16)25-18-15(19(21)23)4-3-9-20-18/h3-9,16-17H,10-12H2,1-2H3/t16-,17+/m1/s1. The highest BCUT2D eigenvalue weighted by molar-refractivity contribution is 5.96. The Kier molecular flexibility index (Phi) is 4.05. The first-order chi connectivity index (χ1) is 12.2. The molecule has 1 saturated heterocycles. The zero-order valence-electron chi connectivity index (χ0n) is 14.4. The predicted octanol–water partition coefficient (Wildman–Crippen LogP) is 1.81. The first-order valence-electron chi connectivity index (χ1n) is 8.40. The molecule has 6 nitrogen and oxygen atoms in total. The van der Waals surface area contributed by atoms with Crippen LogP contribution in [0.5, 0.6) is 11.6 Å². The number of nitrogens with zero attached hydrogens (tertiary/aromatic N) is 3. The van der Waals surface area contributed by atoms with Crippen LogP contribution in [-0.2, 0) is 6.54 Å². The van der Waals surface area contributed by atoms with E-state index in [1.165, 1.54) is 5.56 Å². The summed E-state index contributed by atoms with van der Waals surface area (Å²) in [6.45, 7) is 2.37. The van der Waals surface area contributed by atoms with E-state index in [0.29, 0.717) is 11.4 Å². The van der Waals surface area contributed by atoms with Crippen molar-refractivity contribution in [2.24, 2.45) is 0 Å². The van der Waals surface area contributed by atoms with Gasteiger partial charge in [0.1, 0.15) is 17.4 Å². The Labute approximate surface area is 147 Å². The Hall–Kier alpha value is -2.60. The van der Waals surface area contributed by atoms with Crippen LogP contribution in [0.25, 0.3) is 0 Å². The van der Waals surface area contributed by atoms with Crippen LogP contribution in [0.1, 0.15) is 15.9 Å². The number of carbonyl (C=O) groups excluding carboxylic acids is 1. The predicted molar refractivity (Wildman–Crippen MR) is 92.8 cm³/mol. The number of pyridine rings is 1. The number of likely N-dealkylation sites (N-methyl/N-ethyl adjacent to an activating group) is 1. The molecule has 3 heterocycles. The Morgan fingerprint density at radius 3 is 2.80 bits per heavy atom. The van der Waals surface area contributed by atoms with Gasteiger partial charge in [0.15, 0.2) is 0 Å². The normalized spacial score (nSPS) is 22.8. The SMILES string of the molecule is COc1ccc(CN2C[C@@H]3Oc4ncccc4C(=O)N(C)[C@@H]3C2)cc1. The second kappa shape index (κ2) is 6.37. The van der Waals surface area contributed by atoms with E-state index in [1.807, 2.05) is 19.2 Å². The summed E-state index contributed by atoms with van der Waals surface area (Å²) < 4.78 is 11.3. The lowest BCUT2D eigenvalue weighted by Crippen LogP contribution is -2.44. The van der Waals surface area contributed by atoms with Gasteiger partial charge < -0.3 is 14.4 Å². The molecule has 130 valence electrons. The molecule has 0 N–H and O–H groups in total. The molecule has 2 aliphatic heterocycles. The molecule has 0 radical (unpaired) electrons. The summed E-state index contributed by atoms with van der Waals surface area (Å²) in [5.74, 6) is 1.27. The van der Waals surface area contributed by atoms with Crippen molar-refractivity contribution in [3.05, 3.63) is 53.7 Å². The van der Waals surface area contributed by atoms with E-state index in [9.17, 15) is 4.79 Å². The number of methoxy groups -OCH3 is 1. The van der Waals surface area contributed by atoms with Crippen molar-refractivity contribution in [2.75, 3.05) is 27.2 Å². The maximum atomic E-state index is 12.7. The molecule has 4 rings (SSSR count). The van der Waals surface area contributed by atoms with Crippen LogP contribution in [-0.4, -0.2) is 60.1 Å². The lowest BCUT2D eigenvalue weighted by atomic mass is 10.2. The van der Waals surface area contributed by atoms with Crippen LogP contribution < -0.4 is 9.47 Å². The number of hydrogen-bond acceptors (Lipinski definition) is 5. The van der Waals surface area contributed by atoms with Gasteiger partial charge in [0.25, 0.3) is 5.91 Å². The van der Waals surface area contributed by atoms with Crippen molar-refractivity contribution in [1.29, 1.82) is 0 Å². The molecule has 0 aliphatic carbocycles. The Bertz CT molecular complexity index is 778. The third-order valence-corrected chi connectivity index (χ3v) is 4.96. The van der Waals surface area contributed by atoms with Crippen LogP contribution in [0, 0.1) is 0 Å². The number of carbonyl (C=O) groups is 1. The van der Waals surface area contributed by atoms with Crippen LogP contribution in [0.15, 0.2) is 42.6 Å². The molecule has 1 aromatic heterocycles. The molecule has 0 spiro atoms. The largest absolute Gasteiger partial charge is 0.497 e. The fraction of sp³-hybridized carbons (Fsp3) is 0.368. The molecular weight excluding hydrogens is 318 g/mol. The number of fused-ring (bicyclic) bond motifs is 2. The molecule has 0 saturated carbocycles. The number of ether oxygens (including phenoxy) is 2. The smallest absolute Gasteiger partial charge is 0.259 e. The van der Waals surface area contributed by atoms with Gasteiger partial charge in [-0.3, -0.25) is 9.69 Å². The Balaban J connectivity index is 1.52. The lowest BCUT2D eigenvalue weighted by Gasteiger charge is -2.25. The van der Waals surface area contributed by atoms with E-state index in [2.05, 4.69) is 22.0 Å². The Morgan fingerprint density at radius 1 is 1.24 bits per heavy atom. The molecule has 2 aromatic rings. The molecule has 1 aromatic carbocycles. The first-order valence-corrected chi connectivity index (χ1v) is 8.40. The Morgan fingerprint density at radius 2 is 2.04 bits per heavy atom. The topological polar surface area (TPSA) is 54.9 Å². The highest BCUT2D eigenvalue weighted by Crippen LogP contribution is 2.29. The van der Waals surface area contributed by atoms with Gasteiger partial charge in [-0.05, 0) is 29.8 Å². The fourth-order valence-electron chi connectivity index (χ4n) is 3.57. The van der Waals surface area contributed by atoms with E-state index in [4.69, 9.17) is 9.47 Å². The monoisotopic (exact) mass is 339 g/mol. The minimum absolute atomic E-state index is 0.0260. The lowest BCUT2D eigenvalue weighted by molar-refractivity contribution is 0.0680. The highest BCUT2D eigenvalue weighted by atomic mass is 16.5. The van der Waals surface area contributed by atoms with E-state index in [0.717, 1.165) is 25.4 Å². The number of rotatable bonds is 3. The van der Waals surface area contributed by atoms with Gasteiger partial charge in [-0.25, -0.2) is 4.98 Å². The van der Waals surface area contributed by atoms with Crippen LogP contribution in [0.3, 0.4) is 0 Å². The minimum Gasteiger partial charge on any atom is -0.497 e. The molecule has 1 fully saturated rings. The summed E-state index contributed by atoms with van der Waals surface area (Å²) in [5, 5.41) is 0. The third kappa shape index (κ3) is 2.93. The van der Waals surface area contributed by atoms with Crippen molar-refractivity contribution in [3.8, 4) is 11.6 Å². The number of aromatic nitrogens is 1. The molecule has 2 aliphatic rings. The molecule has 1 amide bonds. The zero-order valence-corrected chi connectivity index (χ0v) is 14.4. The summed E-state index contributed by atoms with van der Waals surface area (Å²) in [6.07, 6.45) is 1.60. The van der Waals surface area contributed by atoms with Crippen LogP contribution in [0.2, 0.25) is 0 Å². The average molecular weight is 339 g/mol. The summed E-state index contributed by atoms with van der Waals surface area (Å²) in [6, 6.07) is 11.6. The molecule has 25 heavy (non-hydrogen) atoms. The minimum atomic E-state index is -0.0663. The summed E-state index contributed by atoms with van der Waals surface area (Å²) in [7, 11) is 3.52. The van der Waals surface area contributed by atoms with Crippen molar-refractivity contribution < 1.29 is 14.3 Å². The van der Waals surface area contributed by atoms with Gasteiger partial charge >= 0.3 is 0 Å². The van der Waals surface area contributed by atoms with Crippen LogP contribution in [0.4, 0.5) is 0 Å². The molecule has 0 unspecified atom stereocenters. The zero-order chi connectivity index (χ0) is 17.4. The van der Waals surface area contributed by atoms with E-state index in [-0.39, 0.29) is 18.1 Å². The highest BCUT2D eigenvalue weighted by Gasteiger charge is 2.42. The maximum Gasteiger partial charge on any atom is 0.259 e. The summed E-state index contributed by atoms with van der Waals surface area (Å²) in [4.78, 5) is 21.1. The van der Waals surface area contributed by atoms with Crippen molar-refractivity contribution in [1.82, 2.24) is 14.8 Å². The maximum absolute atomic E-state index is 12.7. The van der Waals surface area contributed by atoms with E-state index in [1.54, 1.807) is 30.3 Å². The van der Waals surface area contributed by atoms with Crippen molar-refractivity contribution in [3.63, 3.8) is 0 Å². The first kappa shape index (κ1) is 15.9. The van der Waals surface area contributed by atoms with Gasteiger partial charge in [-0.1, -0.05) is 12.1 Å². The van der Waals surface area contributed by atoms with Gasteiger partial charge in [0.05, 0.1) is 13.2 Å². The molecule has 0 bridgehead atoms. The number of amides is 1. The summed E-state index contributed by atoms with van der Waals surface area (Å²) >= 11 is 0. The molecule has 6 heteroatoms. The van der Waals surface area contributed by atoms with Gasteiger partial charge in [-0.2, -0.15) is 0 Å². The van der Waals surface area contributed by atoms with Crippen LogP contribution >= 0.6 is 0 Å². The van der Waals surface area contributed by atoms with Crippen molar-refractivity contribution >= 4 is 5.91 Å². The second-order valence-corrected chi connectivity index (χ2v) is 6.54. The van der Waals surface area contributed by atoms with Gasteiger partial charge in [0, 0.05) is 32.9 Å². The van der Waals surface area contributed by atoms with E-state index < -0.39 is 0 Å². The van der Waals surface area contributed by atoms with Gasteiger partial charge in [0.2, 0.25) is 5.88 Å². The summed E-state index contributed by atoms with van der Waals surface area (Å²) in [5.41, 5.74) is 1.76. The van der Waals surface area contributed by atoms with E-state index >= 15 is 0 Å². The molecular formula is C19H21N3O3. The number of hydrogen-bond donors (Lipinski definition) is 0. The van der Waals surface area contributed by atoms with Crippen molar-refractivity contribution in [2.45, 2.75) is 18.7 Å². The number of benzene rings is 1. The second-order valence-electron chi connectivity index (χ2n) is 6.54. The average Bonchev–Trinajstić information content (AvgIpc) is 3.00. The van der Waals surface area contributed by atoms with Gasteiger partial charge in [-0.15, -0.1) is 0 Å². The fourth-order valence-corrected chi connectivity index (χ4v) is 3.57. The third-order valence-electron chi connectivity index (χ3n) is 4.96.